The van der Waals surface area contributed by atoms with Crippen LogP contribution < -0.4 is 20.9 Å². The fourth-order valence-corrected chi connectivity index (χ4v) is 2.24. The van der Waals surface area contributed by atoms with E-state index in [1.807, 2.05) is 0 Å². The first-order chi connectivity index (χ1) is 11.9. The quantitative estimate of drug-likeness (QED) is 0.556. The number of ether oxygens (including phenoxy) is 2. The summed E-state index contributed by atoms with van der Waals surface area (Å²) in [5.41, 5.74) is 12.6. The molecule has 1 amide bonds. The van der Waals surface area contributed by atoms with Crippen molar-refractivity contribution in [1.82, 2.24) is 0 Å². The smallest absolute Gasteiger partial charge is 0.269 e. The molecule has 0 saturated heterocycles. The van der Waals surface area contributed by atoms with Gasteiger partial charge in [-0.3, -0.25) is 14.9 Å². The number of benzene rings is 2. The van der Waals surface area contributed by atoms with Crippen LogP contribution in [0.1, 0.15) is 23.6 Å². The third kappa shape index (κ3) is 4.92. The number of primary amides is 1. The third-order valence-corrected chi connectivity index (χ3v) is 3.58. The highest BCUT2D eigenvalue weighted by Crippen LogP contribution is 2.31. The molecular weight excluding hydrogens is 326 g/mol. The second kappa shape index (κ2) is 8.11. The maximum Gasteiger partial charge on any atom is 0.269 e. The van der Waals surface area contributed by atoms with Crippen LogP contribution in [0.2, 0.25) is 0 Å². The minimum atomic E-state index is -0.518. The van der Waals surface area contributed by atoms with Crippen molar-refractivity contribution in [2.24, 2.45) is 11.5 Å². The van der Waals surface area contributed by atoms with E-state index >= 15 is 0 Å². The average Bonchev–Trinajstić information content (AvgIpc) is 2.59. The van der Waals surface area contributed by atoms with Crippen LogP contribution in [0.25, 0.3) is 0 Å². The molecule has 8 nitrogen and oxygen atoms in total. The van der Waals surface area contributed by atoms with Crippen molar-refractivity contribution in [2.45, 2.75) is 19.1 Å². The summed E-state index contributed by atoms with van der Waals surface area (Å²) in [6.45, 7) is 0.223. The molecule has 0 heterocycles. The van der Waals surface area contributed by atoms with Gasteiger partial charge in [0.15, 0.2) is 11.5 Å². The summed E-state index contributed by atoms with van der Waals surface area (Å²) in [6.07, 6.45) is 0.0339. The topological polar surface area (TPSA) is 131 Å². The van der Waals surface area contributed by atoms with Gasteiger partial charge in [0.2, 0.25) is 5.91 Å². The Hall–Kier alpha value is -3.13. The summed E-state index contributed by atoms with van der Waals surface area (Å²) in [4.78, 5) is 21.2. The molecule has 0 saturated carbocycles. The molecule has 1 unspecified atom stereocenters. The lowest BCUT2D eigenvalue weighted by Gasteiger charge is -2.15. The van der Waals surface area contributed by atoms with E-state index in [1.54, 1.807) is 30.3 Å². The number of rotatable bonds is 8. The van der Waals surface area contributed by atoms with E-state index in [-0.39, 0.29) is 18.7 Å². The molecule has 4 N–H and O–H groups in total. The van der Waals surface area contributed by atoms with Gasteiger partial charge in [0.05, 0.1) is 12.0 Å². The lowest BCUT2D eigenvalue weighted by atomic mass is 10.0. The Labute approximate surface area is 144 Å². The SMILES string of the molecule is COc1cc(C(N)CC(N)=O)ccc1OCc1ccc([N+](=O)[O-])cc1. The Morgan fingerprint density at radius 1 is 1.20 bits per heavy atom. The first-order valence-corrected chi connectivity index (χ1v) is 7.48. The molecule has 0 spiro atoms. The van der Waals surface area contributed by atoms with Gasteiger partial charge in [0.1, 0.15) is 6.61 Å². The number of nitro groups is 1. The zero-order valence-electron chi connectivity index (χ0n) is 13.7. The van der Waals surface area contributed by atoms with Gasteiger partial charge in [-0.1, -0.05) is 6.07 Å². The summed E-state index contributed by atoms with van der Waals surface area (Å²) >= 11 is 0. The van der Waals surface area contributed by atoms with Crippen LogP contribution in [0, 0.1) is 10.1 Å². The first kappa shape index (κ1) is 18.2. The number of non-ortho nitro benzene ring substituents is 1. The van der Waals surface area contributed by atoms with Gasteiger partial charge in [0, 0.05) is 24.6 Å². The number of nitrogens with zero attached hydrogens (tertiary/aromatic N) is 1. The van der Waals surface area contributed by atoms with E-state index in [2.05, 4.69) is 0 Å². The van der Waals surface area contributed by atoms with E-state index in [0.29, 0.717) is 17.1 Å². The number of carbonyl (C=O) groups excluding carboxylic acids is 1. The second-order valence-corrected chi connectivity index (χ2v) is 5.40. The standard InChI is InChI=1S/C17H19N3O5/c1-24-16-8-12(14(18)9-17(19)21)4-7-15(16)25-10-11-2-5-13(6-3-11)20(22)23/h2-8,14H,9-10,18H2,1H3,(H2,19,21). The monoisotopic (exact) mass is 345 g/mol. The third-order valence-electron chi connectivity index (χ3n) is 3.58. The minimum Gasteiger partial charge on any atom is -0.493 e. The fraction of sp³-hybridized carbons (Fsp3) is 0.235. The molecule has 2 aromatic carbocycles. The number of hydrogen-bond donors (Lipinski definition) is 2. The van der Waals surface area contributed by atoms with Crippen molar-refractivity contribution in [1.29, 1.82) is 0 Å². The van der Waals surface area contributed by atoms with Gasteiger partial charge in [0.25, 0.3) is 5.69 Å². The zero-order valence-corrected chi connectivity index (χ0v) is 13.7. The molecule has 0 fully saturated rings. The van der Waals surface area contributed by atoms with Crippen LogP contribution in [0.3, 0.4) is 0 Å². The summed E-state index contributed by atoms with van der Waals surface area (Å²) < 4.78 is 11.0. The first-order valence-electron chi connectivity index (χ1n) is 7.48. The van der Waals surface area contributed by atoms with E-state index in [9.17, 15) is 14.9 Å². The number of hydrogen-bond acceptors (Lipinski definition) is 6. The van der Waals surface area contributed by atoms with E-state index in [0.717, 1.165) is 5.56 Å². The molecule has 0 aromatic heterocycles. The molecule has 8 heteroatoms. The van der Waals surface area contributed by atoms with E-state index in [1.165, 1.54) is 19.2 Å². The predicted octanol–water partition coefficient (Wildman–Crippen LogP) is 2.06. The van der Waals surface area contributed by atoms with Gasteiger partial charge in [-0.2, -0.15) is 0 Å². The van der Waals surface area contributed by atoms with Crippen LogP contribution in [0.15, 0.2) is 42.5 Å². The van der Waals surface area contributed by atoms with E-state index in [4.69, 9.17) is 20.9 Å². The number of nitrogens with two attached hydrogens (primary N) is 2. The Morgan fingerprint density at radius 2 is 1.88 bits per heavy atom. The Morgan fingerprint density at radius 3 is 2.44 bits per heavy atom. The lowest BCUT2D eigenvalue weighted by Crippen LogP contribution is -2.20. The van der Waals surface area contributed by atoms with Crippen LogP contribution in [0.5, 0.6) is 11.5 Å². The van der Waals surface area contributed by atoms with Gasteiger partial charge >= 0.3 is 0 Å². The molecule has 132 valence electrons. The molecule has 0 bridgehead atoms. The number of carbonyl (C=O) groups is 1. The largest absolute Gasteiger partial charge is 0.493 e. The van der Waals surface area contributed by atoms with Crippen LogP contribution >= 0.6 is 0 Å². The summed E-state index contributed by atoms with van der Waals surface area (Å²) in [6, 6.07) is 10.7. The summed E-state index contributed by atoms with van der Waals surface area (Å²) in [5, 5.41) is 10.6. The van der Waals surface area contributed by atoms with Crippen LogP contribution in [-0.2, 0) is 11.4 Å². The number of amides is 1. The van der Waals surface area contributed by atoms with Crippen molar-refractivity contribution < 1.29 is 19.2 Å². The van der Waals surface area contributed by atoms with Gasteiger partial charge in [-0.05, 0) is 35.4 Å². The number of methoxy groups -OCH3 is 1. The molecular formula is C17H19N3O5. The van der Waals surface area contributed by atoms with E-state index < -0.39 is 16.9 Å². The van der Waals surface area contributed by atoms with Gasteiger partial charge in [-0.25, -0.2) is 0 Å². The van der Waals surface area contributed by atoms with Crippen LogP contribution in [-0.4, -0.2) is 17.9 Å². The van der Waals surface area contributed by atoms with Crippen LogP contribution in [0.4, 0.5) is 5.69 Å². The molecule has 2 rings (SSSR count). The Balaban J connectivity index is 2.08. The highest BCUT2D eigenvalue weighted by atomic mass is 16.6. The molecule has 25 heavy (non-hydrogen) atoms. The highest BCUT2D eigenvalue weighted by molar-refractivity contribution is 5.74. The maximum absolute atomic E-state index is 11.0. The van der Waals surface area contributed by atoms with Crippen molar-refractivity contribution in [3.8, 4) is 11.5 Å². The zero-order chi connectivity index (χ0) is 18.4. The van der Waals surface area contributed by atoms with Crippen molar-refractivity contribution in [3.05, 3.63) is 63.7 Å². The summed E-state index contributed by atoms with van der Waals surface area (Å²) in [5.74, 6) is 0.486. The van der Waals surface area contributed by atoms with Crippen molar-refractivity contribution in [3.63, 3.8) is 0 Å². The highest BCUT2D eigenvalue weighted by Gasteiger charge is 2.13. The molecule has 0 aliphatic heterocycles. The predicted molar refractivity (Wildman–Crippen MR) is 91.2 cm³/mol. The van der Waals surface area contributed by atoms with Gasteiger partial charge in [-0.15, -0.1) is 0 Å². The molecule has 2 aromatic rings. The average molecular weight is 345 g/mol. The van der Waals surface area contributed by atoms with Crippen molar-refractivity contribution in [2.75, 3.05) is 7.11 Å². The minimum absolute atomic E-state index is 0.0223. The molecule has 0 radical (unpaired) electrons. The second-order valence-electron chi connectivity index (χ2n) is 5.40. The Kier molecular flexibility index (Phi) is 5.91. The molecule has 0 aliphatic rings. The number of nitro benzene ring substituents is 1. The lowest BCUT2D eigenvalue weighted by molar-refractivity contribution is -0.384. The summed E-state index contributed by atoms with van der Waals surface area (Å²) in [7, 11) is 1.50. The molecule has 0 aliphatic carbocycles. The maximum atomic E-state index is 11.0. The molecule has 1 atom stereocenters. The fourth-order valence-electron chi connectivity index (χ4n) is 2.24. The normalized spacial score (nSPS) is 11.6. The van der Waals surface area contributed by atoms with Gasteiger partial charge < -0.3 is 20.9 Å². The van der Waals surface area contributed by atoms with Crippen molar-refractivity contribution >= 4 is 11.6 Å². The Bertz CT molecular complexity index is 761.